The zero-order chi connectivity index (χ0) is 11.7. The van der Waals surface area contributed by atoms with Gasteiger partial charge in [0.2, 0.25) is 0 Å². The van der Waals surface area contributed by atoms with Crippen molar-refractivity contribution in [3.8, 4) is 0 Å². The first-order valence-electron chi connectivity index (χ1n) is 6.63. The molecule has 3 rings (SSSR count). The molecule has 2 fully saturated rings. The van der Waals surface area contributed by atoms with E-state index in [0.29, 0.717) is 11.5 Å². The van der Waals surface area contributed by atoms with E-state index in [1.807, 2.05) is 6.07 Å². The maximum absolute atomic E-state index is 5.85. The van der Waals surface area contributed by atoms with Crippen molar-refractivity contribution in [3.63, 3.8) is 0 Å². The maximum Gasteiger partial charge on any atom is 0.0717 e. The Balaban J connectivity index is 1.35. The van der Waals surface area contributed by atoms with E-state index < -0.39 is 0 Å². The Morgan fingerprint density at radius 1 is 1.12 bits per heavy atom. The number of nitrogens with two attached hydrogens (primary N) is 1. The Hall–Kier alpha value is -0.860. The molecule has 1 aromatic rings. The summed E-state index contributed by atoms with van der Waals surface area (Å²) in [7, 11) is 0. The van der Waals surface area contributed by atoms with E-state index >= 15 is 0 Å². The molecule has 1 aromatic carbocycles. The van der Waals surface area contributed by atoms with Gasteiger partial charge in [0.05, 0.1) is 6.61 Å². The fourth-order valence-corrected chi connectivity index (χ4v) is 3.59. The summed E-state index contributed by atoms with van der Waals surface area (Å²) in [5.41, 5.74) is 7.76. The highest BCUT2D eigenvalue weighted by Gasteiger charge is 2.51. The van der Waals surface area contributed by atoms with Gasteiger partial charge in [-0.1, -0.05) is 30.3 Å². The predicted molar refractivity (Wildman–Crippen MR) is 68.5 cm³/mol. The third kappa shape index (κ3) is 2.38. The number of ether oxygens (including phenoxy) is 1. The molecule has 0 saturated heterocycles. The molecule has 1 spiro atoms. The summed E-state index contributed by atoms with van der Waals surface area (Å²) in [6, 6.07) is 10.9. The third-order valence-corrected chi connectivity index (χ3v) is 4.30. The van der Waals surface area contributed by atoms with Crippen LogP contribution in [0.1, 0.15) is 31.2 Å². The molecule has 2 saturated carbocycles. The van der Waals surface area contributed by atoms with Crippen LogP contribution in [0, 0.1) is 11.3 Å². The van der Waals surface area contributed by atoms with Crippen LogP contribution in [0.2, 0.25) is 0 Å². The standard InChI is InChI=1S/C15H21NO/c16-14-8-15(9-14)6-13(7-15)11-17-10-12-4-2-1-3-5-12/h1-5,13-14H,6-11,16H2. The van der Waals surface area contributed by atoms with Crippen LogP contribution in [0.3, 0.4) is 0 Å². The zero-order valence-corrected chi connectivity index (χ0v) is 10.3. The summed E-state index contributed by atoms with van der Waals surface area (Å²) < 4.78 is 5.78. The van der Waals surface area contributed by atoms with E-state index in [9.17, 15) is 0 Å². The fraction of sp³-hybridized carbons (Fsp3) is 0.600. The second kappa shape index (κ2) is 4.43. The zero-order valence-electron chi connectivity index (χ0n) is 10.3. The van der Waals surface area contributed by atoms with Crippen LogP contribution < -0.4 is 5.73 Å². The van der Waals surface area contributed by atoms with Crippen molar-refractivity contribution in [2.24, 2.45) is 17.1 Å². The van der Waals surface area contributed by atoms with Gasteiger partial charge in [0.15, 0.2) is 0 Å². The molecule has 0 aliphatic heterocycles. The topological polar surface area (TPSA) is 35.2 Å². The SMILES string of the molecule is NC1CC2(C1)CC(COCc1ccccc1)C2. The molecular weight excluding hydrogens is 210 g/mol. The van der Waals surface area contributed by atoms with Gasteiger partial charge in [0.1, 0.15) is 0 Å². The Morgan fingerprint density at radius 3 is 2.47 bits per heavy atom. The lowest BCUT2D eigenvalue weighted by Crippen LogP contribution is -2.54. The summed E-state index contributed by atoms with van der Waals surface area (Å²) in [5.74, 6) is 0.784. The Bertz CT molecular complexity index is 362. The van der Waals surface area contributed by atoms with Crippen LogP contribution in [-0.2, 0) is 11.3 Å². The summed E-state index contributed by atoms with van der Waals surface area (Å²) in [6.45, 7) is 1.68. The molecule has 0 radical (unpaired) electrons. The van der Waals surface area contributed by atoms with Crippen LogP contribution in [-0.4, -0.2) is 12.6 Å². The molecule has 0 aromatic heterocycles. The van der Waals surface area contributed by atoms with Gasteiger partial charge in [-0.15, -0.1) is 0 Å². The lowest BCUT2D eigenvalue weighted by Gasteiger charge is -2.57. The van der Waals surface area contributed by atoms with Gasteiger partial charge in [-0.2, -0.15) is 0 Å². The number of hydrogen-bond acceptors (Lipinski definition) is 2. The normalized spacial score (nSPS) is 35.4. The van der Waals surface area contributed by atoms with Crippen molar-refractivity contribution in [3.05, 3.63) is 35.9 Å². The van der Waals surface area contributed by atoms with Crippen molar-refractivity contribution in [1.82, 2.24) is 0 Å². The van der Waals surface area contributed by atoms with Crippen molar-refractivity contribution >= 4 is 0 Å². The Morgan fingerprint density at radius 2 is 1.82 bits per heavy atom. The Labute approximate surface area is 103 Å². The lowest BCUT2D eigenvalue weighted by atomic mass is 9.50. The first-order chi connectivity index (χ1) is 8.26. The molecule has 0 heterocycles. The van der Waals surface area contributed by atoms with Crippen LogP contribution in [0.5, 0.6) is 0 Å². The number of rotatable bonds is 4. The fourth-order valence-electron chi connectivity index (χ4n) is 3.59. The summed E-state index contributed by atoms with van der Waals surface area (Å²) >= 11 is 0. The van der Waals surface area contributed by atoms with Gasteiger partial charge < -0.3 is 10.5 Å². The smallest absolute Gasteiger partial charge is 0.0717 e. The highest BCUT2D eigenvalue weighted by Crippen LogP contribution is 2.58. The largest absolute Gasteiger partial charge is 0.376 e. The minimum atomic E-state index is 0.487. The van der Waals surface area contributed by atoms with E-state index in [1.54, 1.807) is 0 Å². The highest BCUT2D eigenvalue weighted by molar-refractivity contribution is 5.13. The van der Waals surface area contributed by atoms with Gasteiger partial charge >= 0.3 is 0 Å². The molecule has 17 heavy (non-hydrogen) atoms. The van der Waals surface area contributed by atoms with Gasteiger partial charge in [-0.3, -0.25) is 0 Å². The molecule has 2 aliphatic carbocycles. The third-order valence-electron chi connectivity index (χ3n) is 4.30. The van der Waals surface area contributed by atoms with E-state index in [1.165, 1.54) is 31.2 Å². The minimum absolute atomic E-state index is 0.487. The molecular formula is C15H21NO. The second-order valence-electron chi connectivity index (χ2n) is 5.94. The number of hydrogen-bond donors (Lipinski definition) is 1. The van der Waals surface area contributed by atoms with Crippen LogP contribution >= 0.6 is 0 Å². The van der Waals surface area contributed by atoms with Gasteiger partial charge in [0.25, 0.3) is 0 Å². The van der Waals surface area contributed by atoms with E-state index in [0.717, 1.165) is 19.1 Å². The highest BCUT2D eigenvalue weighted by atomic mass is 16.5. The Kier molecular flexibility index (Phi) is 2.93. The van der Waals surface area contributed by atoms with Crippen LogP contribution in [0.4, 0.5) is 0 Å². The molecule has 0 atom stereocenters. The summed E-state index contributed by atoms with van der Waals surface area (Å²) in [6.07, 6.45) is 5.19. The van der Waals surface area contributed by atoms with Crippen molar-refractivity contribution in [2.45, 2.75) is 38.3 Å². The molecule has 0 unspecified atom stereocenters. The van der Waals surface area contributed by atoms with Crippen molar-refractivity contribution in [2.75, 3.05) is 6.61 Å². The van der Waals surface area contributed by atoms with Gasteiger partial charge in [-0.05, 0) is 42.6 Å². The molecule has 2 aliphatic rings. The maximum atomic E-state index is 5.85. The van der Waals surface area contributed by atoms with E-state index in [2.05, 4.69) is 24.3 Å². The second-order valence-corrected chi connectivity index (χ2v) is 5.94. The average Bonchev–Trinajstić information content (AvgIpc) is 2.25. The van der Waals surface area contributed by atoms with Crippen molar-refractivity contribution < 1.29 is 4.74 Å². The van der Waals surface area contributed by atoms with E-state index in [-0.39, 0.29) is 0 Å². The predicted octanol–water partition coefficient (Wildman–Crippen LogP) is 2.72. The molecule has 92 valence electrons. The quantitative estimate of drug-likeness (QED) is 0.864. The van der Waals surface area contributed by atoms with Crippen LogP contribution in [0.25, 0.3) is 0 Å². The number of benzene rings is 1. The summed E-state index contributed by atoms with van der Waals surface area (Å²) in [4.78, 5) is 0. The first kappa shape index (κ1) is 11.2. The van der Waals surface area contributed by atoms with Crippen LogP contribution in [0.15, 0.2) is 30.3 Å². The molecule has 2 N–H and O–H groups in total. The molecule has 2 heteroatoms. The minimum Gasteiger partial charge on any atom is -0.376 e. The van der Waals surface area contributed by atoms with E-state index in [4.69, 9.17) is 10.5 Å². The van der Waals surface area contributed by atoms with Crippen molar-refractivity contribution in [1.29, 1.82) is 0 Å². The molecule has 2 nitrogen and oxygen atoms in total. The first-order valence-corrected chi connectivity index (χ1v) is 6.63. The molecule has 0 amide bonds. The average molecular weight is 231 g/mol. The van der Waals surface area contributed by atoms with Gasteiger partial charge in [-0.25, -0.2) is 0 Å². The van der Waals surface area contributed by atoms with Gasteiger partial charge in [0, 0.05) is 12.6 Å². The summed E-state index contributed by atoms with van der Waals surface area (Å²) in [5, 5.41) is 0. The monoisotopic (exact) mass is 231 g/mol. The lowest BCUT2D eigenvalue weighted by molar-refractivity contribution is -0.0740. The molecule has 0 bridgehead atoms.